The molecular formula is C12H16FN3O2S. The Morgan fingerprint density at radius 2 is 2.11 bits per heavy atom. The van der Waals surface area contributed by atoms with Crippen LogP contribution in [0.25, 0.3) is 0 Å². The van der Waals surface area contributed by atoms with Crippen LogP contribution in [0.2, 0.25) is 0 Å². The maximum Gasteiger partial charge on any atom is 0.305 e. The van der Waals surface area contributed by atoms with Crippen LogP contribution in [-0.2, 0) is 11.2 Å². The third-order valence-corrected chi connectivity index (χ3v) is 3.58. The Balaban J connectivity index is 2.33. The van der Waals surface area contributed by atoms with Crippen LogP contribution in [-0.4, -0.2) is 28.3 Å². The third kappa shape index (κ3) is 3.34. The number of piperidine rings is 1. The second kappa shape index (κ2) is 6.70. The summed E-state index contributed by atoms with van der Waals surface area (Å²) in [5.74, 6) is 0.299. The zero-order valence-corrected chi connectivity index (χ0v) is 11.4. The van der Waals surface area contributed by atoms with Crippen molar-refractivity contribution in [3.05, 3.63) is 22.2 Å². The lowest BCUT2D eigenvalue weighted by Crippen LogP contribution is -2.36. The minimum Gasteiger partial charge on any atom is -0.352 e. The number of nitrogens with zero attached hydrogens (tertiary/aromatic N) is 3. The molecule has 0 aliphatic carbocycles. The van der Waals surface area contributed by atoms with Gasteiger partial charge in [0.2, 0.25) is 0 Å². The van der Waals surface area contributed by atoms with Crippen molar-refractivity contribution >= 4 is 24.4 Å². The molecule has 0 aromatic carbocycles. The molecule has 0 amide bonds. The van der Waals surface area contributed by atoms with Gasteiger partial charge in [-0.15, -0.1) is 3.89 Å². The van der Waals surface area contributed by atoms with Crippen LogP contribution in [0.5, 0.6) is 0 Å². The first-order chi connectivity index (χ1) is 9.26. The lowest BCUT2D eigenvalue weighted by atomic mass is 10.1. The number of aryl methyl sites for hydroxylation is 1. The molecule has 0 saturated carbocycles. The topological polar surface area (TPSA) is 55.2 Å². The Morgan fingerprint density at radius 3 is 2.74 bits per heavy atom. The highest BCUT2D eigenvalue weighted by atomic mass is 32.2. The minimum atomic E-state index is -0.427. The summed E-state index contributed by atoms with van der Waals surface area (Å²) < 4.78 is 13.7. The van der Waals surface area contributed by atoms with Gasteiger partial charge in [0.05, 0.1) is 5.69 Å². The predicted octanol–water partition coefficient (Wildman–Crippen LogP) is 1.75. The van der Waals surface area contributed by atoms with Gasteiger partial charge in [-0.05, 0) is 25.7 Å². The largest absolute Gasteiger partial charge is 0.352 e. The standard InChI is InChI=1S/C12H16FN3O2S/c13-19-16-9-10(5-4-8-17)14-11(12(16)18)15-6-2-1-3-7-15/h8-9H,1-7H2. The Hall–Kier alpha value is -1.37. The fraction of sp³-hybridized carbons (Fsp3) is 0.583. The second-order valence-electron chi connectivity index (χ2n) is 4.51. The molecule has 1 fully saturated rings. The van der Waals surface area contributed by atoms with E-state index in [0.717, 1.165) is 42.6 Å². The van der Waals surface area contributed by atoms with Crippen LogP contribution >= 0.6 is 12.3 Å². The highest BCUT2D eigenvalue weighted by molar-refractivity contribution is 7.92. The molecular weight excluding hydrogens is 269 g/mol. The minimum absolute atomic E-state index is 0.130. The molecule has 5 nitrogen and oxygen atoms in total. The number of aromatic nitrogens is 2. The molecule has 0 unspecified atom stereocenters. The van der Waals surface area contributed by atoms with E-state index in [1.165, 1.54) is 6.20 Å². The zero-order valence-electron chi connectivity index (χ0n) is 10.5. The Labute approximate surface area is 115 Å². The van der Waals surface area contributed by atoms with Gasteiger partial charge in [0.1, 0.15) is 6.29 Å². The van der Waals surface area contributed by atoms with Crippen molar-refractivity contribution in [1.82, 2.24) is 8.96 Å². The van der Waals surface area contributed by atoms with Crippen LogP contribution in [0.4, 0.5) is 9.70 Å². The summed E-state index contributed by atoms with van der Waals surface area (Å²) in [6.07, 6.45) is 6.08. The number of hydrogen-bond acceptors (Lipinski definition) is 5. The molecule has 1 aromatic heterocycles. The quantitative estimate of drug-likeness (QED) is 0.771. The third-order valence-electron chi connectivity index (χ3n) is 3.16. The number of hydrogen-bond donors (Lipinski definition) is 0. The molecule has 0 atom stereocenters. The lowest BCUT2D eigenvalue weighted by molar-refractivity contribution is -0.107. The normalized spacial score (nSPS) is 15.5. The first-order valence-electron chi connectivity index (χ1n) is 6.36. The van der Waals surface area contributed by atoms with E-state index in [2.05, 4.69) is 4.98 Å². The van der Waals surface area contributed by atoms with Gasteiger partial charge in [-0.1, -0.05) is 0 Å². The van der Waals surface area contributed by atoms with Crippen LogP contribution in [0.1, 0.15) is 31.4 Å². The molecule has 0 N–H and O–H groups in total. The van der Waals surface area contributed by atoms with Crippen LogP contribution < -0.4 is 10.5 Å². The van der Waals surface area contributed by atoms with E-state index in [9.17, 15) is 13.5 Å². The van der Waals surface area contributed by atoms with E-state index in [1.54, 1.807) is 0 Å². The molecule has 2 rings (SSSR count). The lowest BCUT2D eigenvalue weighted by Gasteiger charge is -2.27. The van der Waals surface area contributed by atoms with Crippen molar-refractivity contribution in [3.63, 3.8) is 0 Å². The smallest absolute Gasteiger partial charge is 0.305 e. The van der Waals surface area contributed by atoms with Gasteiger partial charge in [0.25, 0.3) is 0 Å². The predicted molar refractivity (Wildman–Crippen MR) is 73.0 cm³/mol. The molecule has 104 valence electrons. The van der Waals surface area contributed by atoms with Gasteiger partial charge >= 0.3 is 5.56 Å². The maximum atomic E-state index is 12.8. The summed E-state index contributed by atoms with van der Waals surface area (Å²) in [7, 11) is 0. The second-order valence-corrected chi connectivity index (χ2v) is 5.04. The molecule has 1 aliphatic heterocycles. The average Bonchev–Trinajstić information content (AvgIpc) is 2.47. The van der Waals surface area contributed by atoms with Crippen LogP contribution in [0, 0.1) is 0 Å². The van der Waals surface area contributed by atoms with Crippen molar-refractivity contribution in [3.8, 4) is 0 Å². The summed E-state index contributed by atoms with van der Waals surface area (Å²) in [6.45, 7) is 1.55. The molecule has 2 heterocycles. The molecule has 1 saturated heterocycles. The van der Waals surface area contributed by atoms with Crippen molar-refractivity contribution in [2.45, 2.75) is 32.1 Å². The van der Waals surface area contributed by atoms with E-state index in [1.807, 2.05) is 4.90 Å². The Bertz CT molecular complexity index is 500. The van der Waals surface area contributed by atoms with Crippen LogP contribution in [0.3, 0.4) is 0 Å². The number of carbonyl (C=O) groups excluding carboxylic acids is 1. The number of halogens is 1. The van der Waals surface area contributed by atoms with Gasteiger partial charge in [-0.25, -0.2) is 8.96 Å². The van der Waals surface area contributed by atoms with Gasteiger partial charge in [0, 0.05) is 25.7 Å². The van der Waals surface area contributed by atoms with E-state index in [4.69, 9.17) is 0 Å². The van der Waals surface area contributed by atoms with Crippen molar-refractivity contribution < 1.29 is 8.68 Å². The molecule has 0 bridgehead atoms. The molecule has 7 heteroatoms. The fourth-order valence-electron chi connectivity index (χ4n) is 2.20. The van der Waals surface area contributed by atoms with E-state index < -0.39 is 5.56 Å². The molecule has 0 radical (unpaired) electrons. The summed E-state index contributed by atoms with van der Waals surface area (Å²) in [5.41, 5.74) is 0.140. The van der Waals surface area contributed by atoms with Crippen LogP contribution in [0.15, 0.2) is 11.0 Å². The highest BCUT2D eigenvalue weighted by Crippen LogP contribution is 2.16. The highest BCUT2D eigenvalue weighted by Gasteiger charge is 2.18. The van der Waals surface area contributed by atoms with E-state index in [-0.39, 0.29) is 12.3 Å². The molecule has 1 aromatic rings. The Kier molecular flexibility index (Phi) is 4.95. The number of carbonyl (C=O) groups is 1. The number of aldehydes is 1. The van der Waals surface area contributed by atoms with Crippen molar-refractivity contribution in [2.75, 3.05) is 18.0 Å². The van der Waals surface area contributed by atoms with Gasteiger partial charge in [0.15, 0.2) is 18.2 Å². The van der Waals surface area contributed by atoms with Crippen molar-refractivity contribution in [2.24, 2.45) is 0 Å². The maximum absolute atomic E-state index is 12.8. The molecule has 1 aliphatic rings. The van der Waals surface area contributed by atoms with Gasteiger partial charge in [-0.3, -0.25) is 4.79 Å². The SMILES string of the molecule is O=CCCc1cn(SF)c(=O)c(N2CCCCC2)n1. The first kappa shape index (κ1) is 14.0. The fourth-order valence-corrected chi connectivity index (χ4v) is 2.50. The van der Waals surface area contributed by atoms with E-state index >= 15 is 0 Å². The monoisotopic (exact) mass is 285 g/mol. The number of rotatable bonds is 5. The average molecular weight is 285 g/mol. The zero-order chi connectivity index (χ0) is 13.7. The summed E-state index contributed by atoms with van der Waals surface area (Å²) >= 11 is -0.130. The van der Waals surface area contributed by atoms with E-state index in [0.29, 0.717) is 24.4 Å². The Morgan fingerprint density at radius 1 is 1.37 bits per heavy atom. The summed E-state index contributed by atoms with van der Waals surface area (Å²) in [4.78, 5) is 28.7. The summed E-state index contributed by atoms with van der Waals surface area (Å²) in [6, 6.07) is 0. The van der Waals surface area contributed by atoms with Crippen molar-refractivity contribution in [1.29, 1.82) is 0 Å². The number of anilines is 1. The molecule has 19 heavy (non-hydrogen) atoms. The first-order valence-corrected chi connectivity index (χ1v) is 7.04. The van der Waals surface area contributed by atoms with Gasteiger partial charge < -0.3 is 9.69 Å². The summed E-state index contributed by atoms with van der Waals surface area (Å²) in [5, 5.41) is 0. The molecule has 0 spiro atoms. The van der Waals surface area contributed by atoms with Gasteiger partial charge in [-0.2, -0.15) is 0 Å².